The minimum atomic E-state index is 0. The molecule has 0 N–H and O–H groups in total. The Bertz CT molecular complexity index is 618. The molecule has 96 valence electrons. The Morgan fingerprint density at radius 1 is 1.26 bits per heavy atom. The molecule has 0 aliphatic carbocycles. The zero-order chi connectivity index (χ0) is 13.0. The lowest BCUT2D eigenvalue weighted by molar-refractivity contribution is -0.683. The largest absolute Gasteiger partial charge is 1.00 e. The molecule has 0 aliphatic rings. The smallest absolute Gasteiger partial charge is 0.227 e. The van der Waals surface area contributed by atoms with Crippen LogP contribution in [0.15, 0.2) is 48.8 Å². The van der Waals surface area contributed by atoms with Crippen LogP contribution >= 0.6 is 0 Å². The van der Waals surface area contributed by atoms with Crippen LogP contribution in [0.1, 0.15) is 21.5 Å². The summed E-state index contributed by atoms with van der Waals surface area (Å²) in [5, 5.41) is 8.79. The third kappa shape index (κ3) is 3.73. The van der Waals surface area contributed by atoms with Crippen molar-refractivity contribution in [3.05, 3.63) is 65.5 Å². The van der Waals surface area contributed by atoms with E-state index in [0.717, 1.165) is 5.56 Å². The van der Waals surface area contributed by atoms with Crippen molar-refractivity contribution in [3.8, 4) is 6.07 Å². The number of carbonyl (C=O) groups excluding carboxylic acids is 1. The third-order valence-electron chi connectivity index (χ3n) is 2.76. The highest BCUT2D eigenvalue weighted by Crippen LogP contribution is 2.11. The monoisotopic (exact) mass is 316 g/mol. The maximum atomic E-state index is 12.1. The summed E-state index contributed by atoms with van der Waals surface area (Å²) in [6, 6.07) is 12.9. The molecule has 0 unspecified atom stereocenters. The molecule has 1 aromatic heterocycles. The standard InChI is InChI=1S/C15H13N2O.BrH/c1-12-9-13(10-16)5-6-14(12)15(18)11-17-7-3-2-4-8-17;/h2-9H,11H2,1H3;1H/q+1;/p-1. The third-order valence-corrected chi connectivity index (χ3v) is 2.76. The van der Waals surface area contributed by atoms with Gasteiger partial charge in [0, 0.05) is 17.7 Å². The predicted molar refractivity (Wildman–Crippen MR) is 66.9 cm³/mol. The van der Waals surface area contributed by atoms with Gasteiger partial charge >= 0.3 is 0 Å². The van der Waals surface area contributed by atoms with Crippen molar-refractivity contribution in [2.45, 2.75) is 13.5 Å². The van der Waals surface area contributed by atoms with E-state index in [1.807, 2.05) is 42.1 Å². The van der Waals surface area contributed by atoms with Crippen LogP contribution in [0.25, 0.3) is 0 Å². The SMILES string of the molecule is Cc1cc(C#N)ccc1C(=O)C[n+]1ccccc1.[Br-]. The van der Waals surface area contributed by atoms with Crippen LogP contribution in [0.5, 0.6) is 0 Å². The minimum absolute atomic E-state index is 0. The molecule has 19 heavy (non-hydrogen) atoms. The van der Waals surface area contributed by atoms with Crippen LogP contribution in [0, 0.1) is 18.3 Å². The Balaban J connectivity index is 0.00000180. The van der Waals surface area contributed by atoms with Crippen LogP contribution in [0.2, 0.25) is 0 Å². The van der Waals surface area contributed by atoms with Gasteiger partial charge in [0.2, 0.25) is 12.3 Å². The topological polar surface area (TPSA) is 44.7 Å². The average molecular weight is 317 g/mol. The highest BCUT2D eigenvalue weighted by molar-refractivity contribution is 5.96. The normalized spacial score (nSPS) is 9.26. The number of nitrogens with zero attached hydrogens (tertiary/aromatic N) is 2. The van der Waals surface area contributed by atoms with Crippen LogP contribution < -0.4 is 21.5 Å². The van der Waals surface area contributed by atoms with Crippen LogP contribution in [0.3, 0.4) is 0 Å². The fourth-order valence-corrected chi connectivity index (χ4v) is 1.84. The molecule has 0 saturated carbocycles. The maximum absolute atomic E-state index is 12.1. The second kappa shape index (κ2) is 6.81. The maximum Gasteiger partial charge on any atom is 0.227 e. The quantitative estimate of drug-likeness (QED) is 0.541. The fraction of sp³-hybridized carbons (Fsp3) is 0.133. The molecule has 1 aromatic carbocycles. The first-order chi connectivity index (χ1) is 8.70. The Morgan fingerprint density at radius 3 is 2.53 bits per heavy atom. The predicted octanol–water partition coefficient (Wildman–Crippen LogP) is -0.959. The lowest BCUT2D eigenvalue weighted by Gasteiger charge is -2.03. The lowest BCUT2D eigenvalue weighted by Crippen LogP contribution is -3.00. The van der Waals surface area contributed by atoms with Gasteiger partial charge in [0.15, 0.2) is 12.4 Å². The molecule has 3 nitrogen and oxygen atoms in total. The summed E-state index contributed by atoms with van der Waals surface area (Å²) in [7, 11) is 0. The molecule has 0 spiro atoms. The number of hydrogen-bond acceptors (Lipinski definition) is 2. The second-order valence-electron chi connectivity index (χ2n) is 4.11. The first-order valence-electron chi connectivity index (χ1n) is 5.69. The Hall–Kier alpha value is -1.99. The second-order valence-corrected chi connectivity index (χ2v) is 4.11. The van der Waals surface area contributed by atoms with Crippen LogP contribution in [-0.2, 0) is 6.54 Å². The van der Waals surface area contributed by atoms with Crippen molar-refractivity contribution >= 4 is 5.78 Å². The number of benzene rings is 1. The van der Waals surface area contributed by atoms with Crippen molar-refractivity contribution in [1.82, 2.24) is 0 Å². The number of hydrogen-bond donors (Lipinski definition) is 0. The number of pyridine rings is 1. The van der Waals surface area contributed by atoms with E-state index in [9.17, 15) is 4.79 Å². The number of nitriles is 1. The zero-order valence-electron chi connectivity index (χ0n) is 10.5. The molecule has 1 heterocycles. The fourth-order valence-electron chi connectivity index (χ4n) is 1.84. The molecule has 4 heteroatoms. The summed E-state index contributed by atoms with van der Waals surface area (Å²) in [5.74, 6) is 0.0492. The number of halogens is 1. The van der Waals surface area contributed by atoms with Gasteiger partial charge in [0.05, 0.1) is 11.6 Å². The summed E-state index contributed by atoms with van der Waals surface area (Å²) >= 11 is 0. The Kier molecular flexibility index (Phi) is 5.40. The molecule has 0 saturated heterocycles. The van der Waals surface area contributed by atoms with Crippen molar-refractivity contribution < 1.29 is 26.3 Å². The summed E-state index contributed by atoms with van der Waals surface area (Å²) in [6.45, 7) is 2.16. The highest BCUT2D eigenvalue weighted by atomic mass is 79.9. The summed E-state index contributed by atoms with van der Waals surface area (Å²) < 4.78 is 1.83. The van der Waals surface area contributed by atoms with E-state index in [4.69, 9.17) is 5.26 Å². The van der Waals surface area contributed by atoms with E-state index in [0.29, 0.717) is 17.7 Å². The van der Waals surface area contributed by atoms with Gasteiger partial charge in [-0.15, -0.1) is 0 Å². The molecule has 0 fully saturated rings. The van der Waals surface area contributed by atoms with Gasteiger partial charge in [-0.2, -0.15) is 9.83 Å². The summed E-state index contributed by atoms with van der Waals surface area (Å²) in [5.41, 5.74) is 2.09. The van der Waals surface area contributed by atoms with E-state index < -0.39 is 0 Å². The number of rotatable bonds is 3. The van der Waals surface area contributed by atoms with Crippen molar-refractivity contribution in [2.75, 3.05) is 0 Å². The Labute approximate surface area is 122 Å². The zero-order valence-corrected chi connectivity index (χ0v) is 12.1. The van der Waals surface area contributed by atoms with E-state index in [1.54, 1.807) is 18.2 Å². The Morgan fingerprint density at radius 2 is 1.95 bits per heavy atom. The van der Waals surface area contributed by atoms with E-state index >= 15 is 0 Å². The van der Waals surface area contributed by atoms with E-state index in [-0.39, 0.29) is 22.8 Å². The first-order valence-corrected chi connectivity index (χ1v) is 5.69. The molecule has 2 aromatic rings. The molecule has 0 aliphatic heterocycles. The minimum Gasteiger partial charge on any atom is -1.00 e. The van der Waals surface area contributed by atoms with Gasteiger partial charge in [0.1, 0.15) is 0 Å². The van der Waals surface area contributed by atoms with E-state index in [2.05, 4.69) is 6.07 Å². The van der Waals surface area contributed by atoms with E-state index in [1.165, 1.54) is 0 Å². The highest BCUT2D eigenvalue weighted by Gasteiger charge is 2.14. The summed E-state index contributed by atoms with van der Waals surface area (Å²) in [6.07, 6.45) is 3.72. The van der Waals surface area contributed by atoms with Gasteiger partial charge in [0.25, 0.3) is 0 Å². The molecular weight excluding hydrogens is 304 g/mol. The van der Waals surface area contributed by atoms with Gasteiger partial charge < -0.3 is 17.0 Å². The van der Waals surface area contributed by atoms with Crippen LogP contribution in [-0.4, -0.2) is 5.78 Å². The molecule has 0 bridgehead atoms. The molecular formula is C15H13BrN2O. The van der Waals surface area contributed by atoms with Gasteiger partial charge in [-0.1, -0.05) is 6.07 Å². The molecule has 2 rings (SSSR count). The summed E-state index contributed by atoms with van der Waals surface area (Å²) in [4.78, 5) is 12.1. The first kappa shape index (κ1) is 15.1. The molecule has 0 atom stereocenters. The lowest BCUT2D eigenvalue weighted by atomic mass is 10.0. The van der Waals surface area contributed by atoms with Crippen molar-refractivity contribution in [1.29, 1.82) is 5.26 Å². The van der Waals surface area contributed by atoms with Gasteiger partial charge in [-0.25, -0.2) is 0 Å². The molecule has 0 radical (unpaired) electrons. The molecule has 0 amide bonds. The average Bonchev–Trinajstić information content (AvgIpc) is 2.39. The number of carbonyl (C=O) groups is 1. The van der Waals surface area contributed by atoms with Crippen LogP contribution in [0.4, 0.5) is 0 Å². The number of aromatic nitrogens is 1. The number of ketones is 1. The number of Topliss-reactive ketones (excluding diaryl/α,β-unsaturated/α-hetero) is 1. The number of aryl methyl sites for hydroxylation is 1. The van der Waals surface area contributed by atoms with Gasteiger partial charge in [-0.05, 0) is 30.7 Å². The van der Waals surface area contributed by atoms with Crippen molar-refractivity contribution in [2.24, 2.45) is 0 Å². The van der Waals surface area contributed by atoms with Crippen molar-refractivity contribution in [3.63, 3.8) is 0 Å². The van der Waals surface area contributed by atoms with Gasteiger partial charge in [-0.3, -0.25) is 4.79 Å².